The fourth-order valence-corrected chi connectivity index (χ4v) is 1.21. The maximum atomic E-state index is 5.65. The molecule has 0 saturated heterocycles. The van der Waals surface area contributed by atoms with E-state index in [1.54, 1.807) is 12.4 Å². The molecule has 0 saturated carbocycles. The van der Waals surface area contributed by atoms with Crippen molar-refractivity contribution >= 4 is 5.82 Å². The number of anilines is 1. The highest BCUT2D eigenvalue weighted by Gasteiger charge is 1.98. The fourth-order valence-electron chi connectivity index (χ4n) is 1.21. The minimum atomic E-state index is 0.278. The molecule has 1 aromatic heterocycles. The number of aryl methyl sites for hydroxylation is 1. The Hall–Kier alpha value is -1.16. The maximum absolute atomic E-state index is 5.65. The third-order valence-electron chi connectivity index (χ3n) is 2.01. The molecule has 0 amide bonds. The second kappa shape index (κ2) is 5.54. The van der Waals surface area contributed by atoms with Gasteiger partial charge in [0, 0.05) is 25.0 Å². The van der Waals surface area contributed by atoms with E-state index in [4.69, 9.17) is 5.73 Å². The van der Waals surface area contributed by atoms with E-state index in [0.717, 1.165) is 30.9 Å². The van der Waals surface area contributed by atoms with Crippen LogP contribution in [0.2, 0.25) is 0 Å². The molecule has 0 aromatic carbocycles. The minimum Gasteiger partial charge on any atom is -0.369 e. The Labute approximate surface area is 85.0 Å². The smallest absolute Gasteiger partial charge is 0.147 e. The van der Waals surface area contributed by atoms with E-state index < -0.39 is 0 Å². The number of nitrogens with one attached hydrogen (secondary N) is 1. The normalized spacial score (nSPS) is 12.5. The van der Waals surface area contributed by atoms with Gasteiger partial charge < -0.3 is 11.1 Å². The lowest BCUT2D eigenvalue weighted by Crippen LogP contribution is -2.16. The molecule has 1 rings (SSSR count). The molecule has 4 heteroatoms. The first-order valence-corrected chi connectivity index (χ1v) is 4.97. The van der Waals surface area contributed by atoms with Gasteiger partial charge in [-0.05, 0) is 26.7 Å². The van der Waals surface area contributed by atoms with Crippen LogP contribution in [0, 0.1) is 6.92 Å². The number of hydrogen-bond acceptors (Lipinski definition) is 4. The molecule has 0 aliphatic rings. The maximum Gasteiger partial charge on any atom is 0.147 e. The van der Waals surface area contributed by atoms with Gasteiger partial charge in [0.25, 0.3) is 0 Å². The molecule has 78 valence electrons. The highest BCUT2D eigenvalue weighted by atomic mass is 15.0. The van der Waals surface area contributed by atoms with Crippen LogP contribution in [0.4, 0.5) is 5.82 Å². The van der Waals surface area contributed by atoms with Crippen LogP contribution in [0.15, 0.2) is 12.4 Å². The van der Waals surface area contributed by atoms with Crippen LogP contribution < -0.4 is 11.1 Å². The van der Waals surface area contributed by atoms with Crippen molar-refractivity contribution < 1.29 is 0 Å². The molecular weight excluding hydrogens is 176 g/mol. The topological polar surface area (TPSA) is 63.8 Å². The summed E-state index contributed by atoms with van der Waals surface area (Å²) in [4.78, 5) is 8.33. The lowest BCUT2D eigenvalue weighted by molar-refractivity contribution is 0.638. The van der Waals surface area contributed by atoms with Crippen molar-refractivity contribution in [3.05, 3.63) is 18.1 Å². The Morgan fingerprint density at radius 1 is 1.43 bits per heavy atom. The van der Waals surface area contributed by atoms with Crippen LogP contribution in [-0.2, 0) is 0 Å². The van der Waals surface area contributed by atoms with E-state index in [9.17, 15) is 0 Å². The van der Waals surface area contributed by atoms with E-state index in [1.165, 1.54) is 0 Å². The van der Waals surface area contributed by atoms with Gasteiger partial charge in [0.15, 0.2) is 0 Å². The zero-order valence-corrected chi connectivity index (χ0v) is 8.83. The first-order valence-electron chi connectivity index (χ1n) is 4.97. The van der Waals surface area contributed by atoms with Crippen molar-refractivity contribution in [2.24, 2.45) is 5.73 Å². The van der Waals surface area contributed by atoms with Crippen molar-refractivity contribution in [2.75, 3.05) is 11.9 Å². The van der Waals surface area contributed by atoms with Crippen molar-refractivity contribution in [1.29, 1.82) is 0 Å². The molecule has 0 aliphatic carbocycles. The van der Waals surface area contributed by atoms with Gasteiger partial charge in [-0.3, -0.25) is 4.98 Å². The SMILES string of the molecule is Cc1nccnc1NCCCC(C)N. The van der Waals surface area contributed by atoms with E-state index in [0.29, 0.717) is 0 Å². The summed E-state index contributed by atoms with van der Waals surface area (Å²) in [6.45, 7) is 4.87. The summed E-state index contributed by atoms with van der Waals surface area (Å²) < 4.78 is 0. The summed E-state index contributed by atoms with van der Waals surface area (Å²) in [6.07, 6.45) is 5.49. The molecule has 1 unspecified atom stereocenters. The monoisotopic (exact) mass is 194 g/mol. The molecule has 3 N–H and O–H groups in total. The summed E-state index contributed by atoms with van der Waals surface area (Å²) in [7, 11) is 0. The average molecular weight is 194 g/mol. The van der Waals surface area contributed by atoms with Gasteiger partial charge >= 0.3 is 0 Å². The summed E-state index contributed by atoms with van der Waals surface area (Å²) in [5.41, 5.74) is 6.58. The summed E-state index contributed by atoms with van der Waals surface area (Å²) in [5.74, 6) is 0.872. The van der Waals surface area contributed by atoms with E-state index in [1.807, 2.05) is 13.8 Å². The Morgan fingerprint density at radius 2 is 2.14 bits per heavy atom. The number of rotatable bonds is 5. The van der Waals surface area contributed by atoms with Gasteiger partial charge in [0.05, 0.1) is 5.69 Å². The Bertz CT molecular complexity index is 273. The zero-order chi connectivity index (χ0) is 10.4. The Balaban J connectivity index is 2.28. The second-order valence-electron chi connectivity index (χ2n) is 3.54. The molecule has 0 fully saturated rings. The van der Waals surface area contributed by atoms with Crippen LogP contribution in [0.5, 0.6) is 0 Å². The molecule has 1 atom stereocenters. The highest BCUT2D eigenvalue weighted by Crippen LogP contribution is 2.06. The lowest BCUT2D eigenvalue weighted by Gasteiger charge is -2.08. The molecule has 0 spiro atoms. The van der Waals surface area contributed by atoms with Crippen LogP contribution in [-0.4, -0.2) is 22.6 Å². The predicted octanol–water partition coefficient (Wildman–Crippen LogP) is 1.32. The molecule has 1 aromatic rings. The molecule has 0 bridgehead atoms. The van der Waals surface area contributed by atoms with Gasteiger partial charge in [-0.2, -0.15) is 0 Å². The van der Waals surface area contributed by atoms with Crippen LogP contribution in [0.1, 0.15) is 25.5 Å². The predicted molar refractivity (Wildman–Crippen MR) is 58.1 cm³/mol. The van der Waals surface area contributed by atoms with Crippen molar-refractivity contribution in [2.45, 2.75) is 32.7 Å². The highest BCUT2D eigenvalue weighted by molar-refractivity contribution is 5.37. The Morgan fingerprint density at radius 3 is 2.79 bits per heavy atom. The van der Waals surface area contributed by atoms with Crippen molar-refractivity contribution in [3.63, 3.8) is 0 Å². The molecule has 4 nitrogen and oxygen atoms in total. The lowest BCUT2D eigenvalue weighted by atomic mass is 10.2. The molecule has 14 heavy (non-hydrogen) atoms. The van der Waals surface area contributed by atoms with Crippen molar-refractivity contribution in [1.82, 2.24) is 9.97 Å². The molecule has 0 aliphatic heterocycles. The van der Waals surface area contributed by atoms with E-state index in [-0.39, 0.29) is 6.04 Å². The van der Waals surface area contributed by atoms with Crippen LogP contribution >= 0.6 is 0 Å². The first kappa shape index (κ1) is 10.9. The number of aromatic nitrogens is 2. The average Bonchev–Trinajstić information content (AvgIpc) is 2.15. The third kappa shape index (κ3) is 3.70. The van der Waals surface area contributed by atoms with Crippen LogP contribution in [0.25, 0.3) is 0 Å². The van der Waals surface area contributed by atoms with E-state index >= 15 is 0 Å². The van der Waals surface area contributed by atoms with Crippen molar-refractivity contribution in [3.8, 4) is 0 Å². The molecule has 0 radical (unpaired) electrons. The molecular formula is C10H18N4. The zero-order valence-electron chi connectivity index (χ0n) is 8.83. The number of nitrogens with two attached hydrogens (primary N) is 1. The minimum absolute atomic E-state index is 0.278. The number of nitrogens with zero attached hydrogens (tertiary/aromatic N) is 2. The summed E-state index contributed by atoms with van der Waals surface area (Å²) in [5, 5.41) is 3.24. The standard InChI is InChI=1S/C10H18N4/c1-8(11)4-3-5-13-10-9(2)12-6-7-14-10/h6-8H,3-5,11H2,1-2H3,(H,13,14). The first-order chi connectivity index (χ1) is 6.70. The van der Waals surface area contributed by atoms with Gasteiger partial charge in [-0.1, -0.05) is 0 Å². The summed E-state index contributed by atoms with van der Waals surface area (Å²) >= 11 is 0. The largest absolute Gasteiger partial charge is 0.369 e. The van der Waals surface area contributed by atoms with Crippen LogP contribution in [0.3, 0.4) is 0 Å². The third-order valence-corrected chi connectivity index (χ3v) is 2.01. The number of hydrogen-bond donors (Lipinski definition) is 2. The Kier molecular flexibility index (Phi) is 4.32. The van der Waals surface area contributed by atoms with Gasteiger partial charge in [-0.25, -0.2) is 4.98 Å². The summed E-state index contributed by atoms with van der Waals surface area (Å²) in [6, 6.07) is 0.278. The molecule has 1 heterocycles. The van der Waals surface area contributed by atoms with Gasteiger partial charge in [-0.15, -0.1) is 0 Å². The fraction of sp³-hybridized carbons (Fsp3) is 0.600. The quantitative estimate of drug-likeness (QED) is 0.694. The van der Waals surface area contributed by atoms with Gasteiger partial charge in [0.1, 0.15) is 5.82 Å². The second-order valence-corrected chi connectivity index (χ2v) is 3.54. The van der Waals surface area contributed by atoms with E-state index in [2.05, 4.69) is 15.3 Å². The van der Waals surface area contributed by atoms with Gasteiger partial charge in [0.2, 0.25) is 0 Å².